The Kier molecular flexibility index (Phi) is 3.53. The smallest absolute Gasteiger partial charge is 0.0753 e. The fourth-order valence-corrected chi connectivity index (χ4v) is 1.92. The van der Waals surface area contributed by atoms with E-state index in [9.17, 15) is 0 Å². The maximum Gasteiger partial charge on any atom is 0.0753 e. The van der Waals surface area contributed by atoms with Gasteiger partial charge in [-0.1, -0.05) is 12.8 Å². The van der Waals surface area contributed by atoms with E-state index in [1.54, 1.807) is 0 Å². The summed E-state index contributed by atoms with van der Waals surface area (Å²) in [6.45, 7) is 5.24. The predicted octanol–water partition coefficient (Wildman–Crippen LogP) is 1.94. The van der Waals surface area contributed by atoms with E-state index in [1.165, 1.54) is 25.7 Å². The van der Waals surface area contributed by atoms with Gasteiger partial charge in [-0.2, -0.15) is 0 Å². The molecule has 0 bridgehead atoms. The molecule has 0 spiro atoms. The molecule has 0 atom stereocenters. The van der Waals surface area contributed by atoms with Gasteiger partial charge in [0.1, 0.15) is 0 Å². The molecule has 1 aliphatic carbocycles. The molecular formula is C10H21NO. The van der Waals surface area contributed by atoms with Crippen molar-refractivity contribution in [1.29, 1.82) is 0 Å². The Morgan fingerprint density at radius 3 is 2.42 bits per heavy atom. The summed E-state index contributed by atoms with van der Waals surface area (Å²) in [5.41, 5.74) is 0.00373. The van der Waals surface area contributed by atoms with Crippen molar-refractivity contribution in [2.45, 2.75) is 51.2 Å². The molecular weight excluding hydrogens is 150 g/mol. The Morgan fingerprint density at radius 1 is 1.33 bits per heavy atom. The molecule has 2 nitrogen and oxygen atoms in total. The zero-order valence-corrected chi connectivity index (χ0v) is 8.52. The highest BCUT2D eigenvalue weighted by molar-refractivity contribution is 4.76. The van der Waals surface area contributed by atoms with Gasteiger partial charge in [-0.3, -0.25) is 0 Å². The number of likely N-dealkylation sites (N-methyl/N-ethyl adjacent to an activating group) is 1. The summed E-state index contributed by atoms with van der Waals surface area (Å²) in [6, 6.07) is 0. The normalized spacial score (nSPS) is 20.2. The molecule has 1 aliphatic rings. The average Bonchev–Trinajstić information content (AvgIpc) is 2.38. The van der Waals surface area contributed by atoms with Crippen LogP contribution >= 0.6 is 0 Å². The molecule has 0 radical (unpaired) electrons. The van der Waals surface area contributed by atoms with Crippen LogP contribution in [0.15, 0.2) is 0 Å². The molecule has 0 heterocycles. The zero-order valence-electron chi connectivity index (χ0n) is 8.52. The van der Waals surface area contributed by atoms with Gasteiger partial charge in [-0.15, -0.1) is 0 Å². The molecule has 2 heteroatoms. The van der Waals surface area contributed by atoms with Crippen LogP contribution in [-0.4, -0.2) is 25.3 Å². The lowest BCUT2D eigenvalue weighted by Crippen LogP contribution is -2.38. The van der Waals surface area contributed by atoms with Crippen molar-refractivity contribution >= 4 is 0 Å². The molecule has 1 N–H and O–H groups in total. The van der Waals surface area contributed by atoms with Gasteiger partial charge in [0, 0.05) is 6.54 Å². The van der Waals surface area contributed by atoms with Crippen LogP contribution in [0.2, 0.25) is 0 Å². The molecule has 0 aromatic heterocycles. The minimum atomic E-state index is 0.00373. The summed E-state index contributed by atoms with van der Waals surface area (Å²) in [4.78, 5) is 0. The largest absolute Gasteiger partial charge is 0.371 e. The first-order chi connectivity index (χ1) is 5.64. The van der Waals surface area contributed by atoms with Crippen LogP contribution in [0, 0.1) is 0 Å². The second kappa shape index (κ2) is 4.24. The minimum Gasteiger partial charge on any atom is -0.371 e. The third kappa shape index (κ3) is 3.11. The number of ether oxygens (including phenoxy) is 1. The van der Waals surface area contributed by atoms with Crippen LogP contribution in [0.4, 0.5) is 0 Å². The van der Waals surface area contributed by atoms with Crippen LogP contribution in [-0.2, 0) is 4.74 Å². The van der Waals surface area contributed by atoms with Gasteiger partial charge in [0.2, 0.25) is 0 Å². The van der Waals surface area contributed by atoms with Crippen molar-refractivity contribution in [3.8, 4) is 0 Å². The van der Waals surface area contributed by atoms with E-state index in [4.69, 9.17) is 4.74 Å². The van der Waals surface area contributed by atoms with Crippen LogP contribution in [0.3, 0.4) is 0 Å². The Bertz CT molecular complexity index is 128. The Balaban J connectivity index is 2.27. The van der Waals surface area contributed by atoms with Crippen molar-refractivity contribution in [2.24, 2.45) is 0 Å². The summed E-state index contributed by atoms with van der Waals surface area (Å²) in [5, 5.41) is 3.16. The fraction of sp³-hybridized carbons (Fsp3) is 1.00. The van der Waals surface area contributed by atoms with Gasteiger partial charge in [0.15, 0.2) is 0 Å². The Hall–Kier alpha value is -0.0800. The van der Waals surface area contributed by atoms with E-state index in [-0.39, 0.29) is 5.60 Å². The van der Waals surface area contributed by atoms with Gasteiger partial charge >= 0.3 is 0 Å². The highest BCUT2D eigenvalue weighted by atomic mass is 16.5. The van der Waals surface area contributed by atoms with Crippen molar-refractivity contribution in [2.75, 3.05) is 13.6 Å². The monoisotopic (exact) mass is 171 g/mol. The van der Waals surface area contributed by atoms with E-state index in [1.807, 2.05) is 7.05 Å². The third-order valence-electron chi connectivity index (χ3n) is 2.39. The lowest BCUT2D eigenvalue weighted by Gasteiger charge is -2.28. The summed E-state index contributed by atoms with van der Waals surface area (Å²) in [6.07, 6.45) is 5.73. The summed E-state index contributed by atoms with van der Waals surface area (Å²) in [5.74, 6) is 0. The molecule has 1 rings (SSSR count). The van der Waals surface area contributed by atoms with E-state index < -0.39 is 0 Å². The second-order valence-electron chi connectivity index (χ2n) is 4.31. The second-order valence-corrected chi connectivity index (χ2v) is 4.31. The fourth-order valence-electron chi connectivity index (χ4n) is 1.92. The molecule has 0 saturated heterocycles. The van der Waals surface area contributed by atoms with Gasteiger partial charge in [-0.25, -0.2) is 0 Å². The van der Waals surface area contributed by atoms with E-state index in [2.05, 4.69) is 19.2 Å². The Morgan fingerprint density at radius 2 is 1.92 bits per heavy atom. The summed E-state index contributed by atoms with van der Waals surface area (Å²) in [7, 11) is 1.97. The number of nitrogens with one attached hydrogen (secondary N) is 1. The third-order valence-corrected chi connectivity index (χ3v) is 2.39. The summed E-state index contributed by atoms with van der Waals surface area (Å²) < 4.78 is 5.98. The first-order valence-electron chi connectivity index (χ1n) is 4.96. The van der Waals surface area contributed by atoms with E-state index in [0.717, 1.165) is 6.54 Å². The molecule has 1 saturated carbocycles. The van der Waals surface area contributed by atoms with Crippen LogP contribution < -0.4 is 5.32 Å². The SMILES string of the molecule is CNCC(C)(C)OC1CCCC1. The van der Waals surface area contributed by atoms with Gasteiger partial charge in [0.25, 0.3) is 0 Å². The molecule has 0 aromatic carbocycles. The standard InChI is InChI=1S/C10H21NO/c1-10(2,8-11-3)12-9-6-4-5-7-9/h9,11H,4-8H2,1-3H3. The maximum atomic E-state index is 5.98. The first kappa shape index (κ1) is 10.0. The van der Waals surface area contributed by atoms with Crippen molar-refractivity contribution in [1.82, 2.24) is 5.32 Å². The molecule has 0 amide bonds. The van der Waals surface area contributed by atoms with Gasteiger partial charge in [0.05, 0.1) is 11.7 Å². The lowest BCUT2D eigenvalue weighted by molar-refractivity contribution is -0.0653. The molecule has 0 aliphatic heterocycles. The number of hydrogen-bond donors (Lipinski definition) is 1. The summed E-state index contributed by atoms with van der Waals surface area (Å²) >= 11 is 0. The molecule has 1 fully saturated rings. The molecule has 0 unspecified atom stereocenters. The van der Waals surface area contributed by atoms with E-state index in [0.29, 0.717) is 6.10 Å². The van der Waals surface area contributed by atoms with Crippen molar-refractivity contribution < 1.29 is 4.74 Å². The van der Waals surface area contributed by atoms with Crippen LogP contribution in [0.1, 0.15) is 39.5 Å². The van der Waals surface area contributed by atoms with E-state index >= 15 is 0 Å². The van der Waals surface area contributed by atoms with Crippen LogP contribution in [0.25, 0.3) is 0 Å². The lowest BCUT2D eigenvalue weighted by atomic mass is 10.1. The topological polar surface area (TPSA) is 21.3 Å². The first-order valence-corrected chi connectivity index (χ1v) is 4.96. The minimum absolute atomic E-state index is 0.00373. The number of hydrogen-bond acceptors (Lipinski definition) is 2. The van der Waals surface area contributed by atoms with Gasteiger partial charge in [-0.05, 0) is 33.7 Å². The van der Waals surface area contributed by atoms with Crippen molar-refractivity contribution in [3.05, 3.63) is 0 Å². The number of rotatable bonds is 4. The highest BCUT2D eigenvalue weighted by Gasteiger charge is 2.24. The highest BCUT2D eigenvalue weighted by Crippen LogP contribution is 2.25. The Labute approximate surface area is 75.7 Å². The molecule has 0 aromatic rings. The molecule has 12 heavy (non-hydrogen) atoms. The van der Waals surface area contributed by atoms with Gasteiger partial charge < -0.3 is 10.1 Å². The zero-order chi connectivity index (χ0) is 9.03. The molecule has 72 valence electrons. The average molecular weight is 171 g/mol. The predicted molar refractivity (Wildman–Crippen MR) is 51.3 cm³/mol. The van der Waals surface area contributed by atoms with Crippen molar-refractivity contribution in [3.63, 3.8) is 0 Å². The quantitative estimate of drug-likeness (QED) is 0.698. The van der Waals surface area contributed by atoms with Crippen LogP contribution in [0.5, 0.6) is 0 Å². The maximum absolute atomic E-state index is 5.98.